The molecular formula is C13H17BrFNO. The highest BCUT2D eigenvalue weighted by Crippen LogP contribution is 2.19. The van der Waals surface area contributed by atoms with Crippen LogP contribution in [0.25, 0.3) is 0 Å². The normalized spacial score (nSPS) is 10.9. The van der Waals surface area contributed by atoms with Crippen LogP contribution in [0.5, 0.6) is 0 Å². The number of nitrogens with zero attached hydrogens (tertiary/aromatic N) is 1. The fourth-order valence-electron chi connectivity index (χ4n) is 1.65. The van der Waals surface area contributed by atoms with Crippen molar-refractivity contribution in [3.8, 4) is 0 Å². The summed E-state index contributed by atoms with van der Waals surface area (Å²) >= 11 is 3.08. The maximum absolute atomic E-state index is 13.7. The zero-order chi connectivity index (χ0) is 12.8. The molecule has 1 rings (SSSR count). The maximum atomic E-state index is 13.7. The molecule has 0 N–H and O–H groups in total. The molecule has 0 fully saturated rings. The first kappa shape index (κ1) is 14.3. The quantitative estimate of drug-likeness (QED) is 0.750. The van der Waals surface area contributed by atoms with Crippen LogP contribution in [-0.4, -0.2) is 30.3 Å². The summed E-state index contributed by atoms with van der Waals surface area (Å²) in [6.07, 6.45) is 0.356. The Hall–Kier alpha value is -0.740. The second kappa shape index (κ2) is 6.87. The van der Waals surface area contributed by atoms with E-state index >= 15 is 0 Å². The van der Waals surface area contributed by atoms with Gasteiger partial charge in [-0.15, -0.1) is 0 Å². The van der Waals surface area contributed by atoms with E-state index in [1.165, 1.54) is 6.07 Å². The van der Waals surface area contributed by atoms with Gasteiger partial charge in [-0.3, -0.25) is 4.79 Å². The molecule has 17 heavy (non-hydrogen) atoms. The Bertz CT molecular complexity index is 391. The number of halogens is 2. The zero-order valence-corrected chi connectivity index (χ0v) is 11.8. The van der Waals surface area contributed by atoms with Crippen molar-refractivity contribution in [3.05, 3.63) is 34.1 Å². The van der Waals surface area contributed by atoms with Gasteiger partial charge < -0.3 is 4.90 Å². The first-order valence-corrected chi connectivity index (χ1v) is 6.59. The third-order valence-corrected chi connectivity index (χ3v) is 3.41. The molecule has 0 bridgehead atoms. The molecule has 0 atom stereocenters. The highest BCUT2D eigenvalue weighted by molar-refractivity contribution is 9.10. The zero-order valence-electron chi connectivity index (χ0n) is 10.2. The van der Waals surface area contributed by atoms with Gasteiger partial charge in [-0.25, -0.2) is 4.39 Å². The van der Waals surface area contributed by atoms with Gasteiger partial charge in [0.15, 0.2) is 5.78 Å². The van der Waals surface area contributed by atoms with Gasteiger partial charge in [0, 0.05) is 13.0 Å². The van der Waals surface area contributed by atoms with Crippen molar-refractivity contribution in [1.82, 2.24) is 4.90 Å². The molecule has 1 aromatic rings. The number of Topliss-reactive ketones (excluding diaryl/α,β-unsaturated/α-hetero) is 1. The number of hydrogen-bond donors (Lipinski definition) is 0. The lowest BCUT2D eigenvalue weighted by Crippen LogP contribution is -2.26. The Balaban J connectivity index is 2.67. The van der Waals surface area contributed by atoms with E-state index in [1.54, 1.807) is 12.1 Å². The van der Waals surface area contributed by atoms with Crippen LogP contribution in [0.3, 0.4) is 0 Å². The third kappa shape index (κ3) is 3.89. The summed E-state index contributed by atoms with van der Waals surface area (Å²) in [7, 11) is 0. The SMILES string of the molecule is CCN(CC)CCC(=O)c1cccc(Br)c1F. The smallest absolute Gasteiger partial charge is 0.167 e. The lowest BCUT2D eigenvalue weighted by molar-refractivity contribution is 0.0962. The van der Waals surface area contributed by atoms with Gasteiger partial charge in [0.1, 0.15) is 5.82 Å². The Morgan fingerprint density at radius 2 is 2.00 bits per heavy atom. The molecule has 0 amide bonds. The molecule has 0 aliphatic rings. The van der Waals surface area contributed by atoms with Crippen molar-refractivity contribution < 1.29 is 9.18 Å². The van der Waals surface area contributed by atoms with E-state index in [0.717, 1.165) is 13.1 Å². The summed E-state index contributed by atoms with van der Waals surface area (Å²) < 4.78 is 14.0. The lowest BCUT2D eigenvalue weighted by Gasteiger charge is -2.17. The Kier molecular flexibility index (Phi) is 5.78. The van der Waals surface area contributed by atoms with Gasteiger partial charge >= 0.3 is 0 Å². The topological polar surface area (TPSA) is 20.3 Å². The molecule has 1 aromatic carbocycles. The molecule has 0 unspecified atom stereocenters. The van der Waals surface area contributed by atoms with Crippen molar-refractivity contribution in [2.75, 3.05) is 19.6 Å². The number of carbonyl (C=O) groups is 1. The van der Waals surface area contributed by atoms with E-state index in [0.29, 0.717) is 17.4 Å². The summed E-state index contributed by atoms with van der Waals surface area (Å²) in [6.45, 7) is 6.59. The molecule has 0 aliphatic heterocycles. The van der Waals surface area contributed by atoms with E-state index in [9.17, 15) is 9.18 Å². The third-order valence-electron chi connectivity index (χ3n) is 2.80. The molecule has 0 aliphatic carbocycles. The fourth-order valence-corrected chi connectivity index (χ4v) is 2.02. The summed E-state index contributed by atoms with van der Waals surface area (Å²) in [5.41, 5.74) is 0.173. The number of ketones is 1. The van der Waals surface area contributed by atoms with Crippen LogP contribution in [0.1, 0.15) is 30.6 Å². The fraction of sp³-hybridized carbons (Fsp3) is 0.462. The summed E-state index contributed by atoms with van der Waals surface area (Å²) in [5, 5.41) is 0. The molecule has 0 spiro atoms. The van der Waals surface area contributed by atoms with Crippen LogP contribution >= 0.6 is 15.9 Å². The number of rotatable bonds is 6. The minimum Gasteiger partial charge on any atom is -0.303 e. The van der Waals surface area contributed by atoms with Gasteiger partial charge in [0.05, 0.1) is 10.0 Å². The molecule has 4 heteroatoms. The van der Waals surface area contributed by atoms with Gasteiger partial charge in [-0.2, -0.15) is 0 Å². The first-order valence-electron chi connectivity index (χ1n) is 5.79. The summed E-state index contributed by atoms with van der Waals surface area (Å²) in [5.74, 6) is -0.604. The van der Waals surface area contributed by atoms with E-state index < -0.39 is 5.82 Å². The van der Waals surface area contributed by atoms with Crippen LogP contribution in [0.15, 0.2) is 22.7 Å². The number of carbonyl (C=O) groups excluding carboxylic acids is 1. The highest BCUT2D eigenvalue weighted by Gasteiger charge is 2.14. The second-order valence-corrected chi connectivity index (χ2v) is 4.66. The van der Waals surface area contributed by atoms with E-state index in [4.69, 9.17) is 0 Å². The molecule has 0 aromatic heterocycles. The van der Waals surface area contributed by atoms with Crippen molar-refractivity contribution in [2.45, 2.75) is 20.3 Å². The number of hydrogen-bond acceptors (Lipinski definition) is 2. The Morgan fingerprint density at radius 1 is 1.35 bits per heavy atom. The predicted octanol–water partition coefficient (Wildman–Crippen LogP) is 3.50. The van der Waals surface area contributed by atoms with Crippen LogP contribution < -0.4 is 0 Å². The molecule has 94 valence electrons. The predicted molar refractivity (Wildman–Crippen MR) is 70.8 cm³/mol. The van der Waals surface area contributed by atoms with Crippen LogP contribution in [0, 0.1) is 5.82 Å². The van der Waals surface area contributed by atoms with Gasteiger partial charge in [0.2, 0.25) is 0 Å². The first-order chi connectivity index (χ1) is 8.10. The second-order valence-electron chi connectivity index (χ2n) is 3.80. The Morgan fingerprint density at radius 3 is 2.59 bits per heavy atom. The van der Waals surface area contributed by atoms with E-state index in [2.05, 4.69) is 20.8 Å². The molecular weight excluding hydrogens is 285 g/mol. The van der Waals surface area contributed by atoms with Crippen molar-refractivity contribution in [1.29, 1.82) is 0 Å². The van der Waals surface area contributed by atoms with Crippen molar-refractivity contribution in [3.63, 3.8) is 0 Å². The highest BCUT2D eigenvalue weighted by atomic mass is 79.9. The minimum atomic E-state index is -0.461. The largest absolute Gasteiger partial charge is 0.303 e. The van der Waals surface area contributed by atoms with Crippen molar-refractivity contribution in [2.24, 2.45) is 0 Å². The van der Waals surface area contributed by atoms with Gasteiger partial charge in [-0.05, 0) is 41.2 Å². The van der Waals surface area contributed by atoms with E-state index in [1.807, 2.05) is 13.8 Å². The van der Waals surface area contributed by atoms with Gasteiger partial charge in [0.25, 0.3) is 0 Å². The van der Waals surface area contributed by atoms with Gasteiger partial charge in [-0.1, -0.05) is 19.9 Å². The Labute approximate surface area is 110 Å². The van der Waals surface area contributed by atoms with Crippen LogP contribution in [0.2, 0.25) is 0 Å². The maximum Gasteiger partial charge on any atom is 0.167 e. The average Bonchev–Trinajstić information content (AvgIpc) is 2.33. The molecule has 0 saturated carbocycles. The average molecular weight is 302 g/mol. The number of benzene rings is 1. The van der Waals surface area contributed by atoms with Crippen molar-refractivity contribution >= 4 is 21.7 Å². The monoisotopic (exact) mass is 301 g/mol. The minimum absolute atomic E-state index is 0.143. The standard InChI is InChI=1S/C13H17BrFNO/c1-3-16(4-2)9-8-12(17)10-6-5-7-11(14)13(10)15/h5-7H,3-4,8-9H2,1-2H3. The summed E-state index contributed by atoms with van der Waals surface area (Å²) in [6, 6.07) is 4.80. The van der Waals surface area contributed by atoms with E-state index in [-0.39, 0.29) is 11.3 Å². The lowest BCUT2D eigenvalue weighted by atomic mass is 10.1. The molecule has 2 nitrogen and oxygen atoms in total. The molecule has 0 saturated heterocycles. The molecule has 0 radical (unpaired) electrons. The van der Waals surface area contributed by atoms with Crippen LogP contribution in [0.4, 0.5) is 4.39 Å². The van der Waals surface area contributed by atoms with Crippen LogP contribution in [-0.2, 0) is 0 Å². The molecule has 0 heterocycles. The summed E-state index contributed by atoms with van der Waals surface area (Å²) in [4.78, 5) is 14.0.